The van der Waals surface area contributed by atoms with E-state index in [2.05, 4.69) is 0 Å². The normalized spacial score (nSPS) is 15.5. The van der Waals surface area contributed by atoms with E-state index in [-0.39, 0.29) is 12.0 Å². The average Bonchev–Trinajstić information content (AvgIpc) is 3.43. The third kappa shape index (κ3) is 4.78. The van der Waals surface area contributed by atoms with Gasteiger partial charge in [0.2, 0.25) is 11.8 Å². The van der Waals surface area contributed by atoms with Gasteiger partial charge in [-0.2, -0.15) is 5.10 Å². The lowest BCUT2D eigenvalue weighted by atomic mass is 10.2. The van der Waals surface area contributed by atoms with Gasteiger partial charge in [-0.15, -0.1) is 0 Å². The Morgan fingerprint density at radius 1 is 1.16 bits per heavy atom. The molecule has 0 saturated carbocycles. The van der Waals surface area contributed by atoms with Crippen LogP contribution in [0.5, 0.6) is 17.4 Å². The zero-order valence-corrected chi connectivity index (χ0v) is 18.8. The van der Waals surface area contributed by atoms with Gasteiger partial charge in [0.25, 0.3) is 0 Å². The van der Waals surface area contributed by atoms with Crippen LogP contribution in [0, 0.1) is 6.92 Å². The van der Waals surface area contributed by atoms with Gasteiger partial charge in [0.1, 0.15) is 0 Å². The number of ether oxygens (including phenoxy) is 3. The maximum atomic E-state index is 12.5. The van der Waals surface area contributed by atoms with E-state index in [1.165, 1.54) is 0 Å². The van der Waals surface area contributed by atoms with Crippen molar-refractivity contribution in [1.29, 1.82) is 0 Å². The molecule has 7 heteroatoms. The topological polar surface area (TPSA) is 65.8 Å². The Morgan fingerprint density at radius 3 is 2.53 bits per heavy atom. The summed E-state index contributed by atoms with van der Waals surface area (Å²) >= 11 is 0. The molecule has 1 aliphatic heterocycles. The van der Waals surface area contributed by atoms with Crippen LogP contribution in [-0.2, 0) is 16.1 Å². The highest BCUT2D eigenvalue weighted by atomic mass is 16.5. The fraction of sp³-hybridized carbons (Fsp3) is 0.360. The molecule has 1 saturated heterocycles. The van der Waals surface area contributed by atoms with E-state index in [1.807, 2.05) is 66.4 Å². The summed E-state index contributed by atoms with van der Waals surface area (Å²) in [6.45, 7) is 5.22. The number of aromatic nitrogens is 2. The van der Waals surface area contributed by atoms with Crippen LogP contribution >= 0.6 is 0 Å². The van der Waals surface area contributed by atoms with Crippen LogP contribution in [0.2, 0.25) is 0 Å². The van der Waals surface area contributed by atoms with E-state index in [9.17, 15) is 4.79 Å². The summed E-state index contributed by atoms with van der Waals surface area (Å²) in [5.74, 6) is 1.77. The Labute approximate surface area is 188 Å². The first-order chi connectivity index (χ1) is 15.6. The maximum Gasteiger partial charge on any atom is 0.228 e. The van der Waals surface area contributed by atoms with Gasteiger partial charge in [0.15, 0.2) is 11.5 Å². The van der Waals surface area contributed by atoms with Crippen LogP contribution in [0.3, 0.4) is 0 Å². The smallest absolute Gasteiger partial charge is 0.228 e. The number of methoxy groups -OCH3 is 1. The van der Waals surface area contributed by atoms with E-state index < -0.39 is 0 Å². The molecule has 0 radical (unpaired) electrons. The monoisotopic (exact) mass is 435 g/mol. The fourth-order valence-corrected chi connectivity index (χ4v) is 3.91. The summed E-state index contributed by atoms with van der Waals surface area (Å²) in [6.07, 6.45) is 2.07. The summed E-state index contributed by atoms with van der Waals surface area (Å²) in [6, 6.07) is 17.3. The molecule has 1 amide bonds. The van der Waals surface area contributed by atoms with Crippen LogP contribution < -0.4 is 9.47 Å². The zero-order valence-electron chi connectivity index (χ0n) is 18.8. The molecule has 1 fully saturated rings. The fourth-order valence-electron chi connectivity index (χ4n) is 3.91. The minimum absolute atomic E-state index is 0.00407. The van der Waals surface area contributed by atoms with Crippen LogP contribution in [-0.4, -0.2) is 47.0 Å². The van der Waals surface area contributed by atoms with Crippen LogP contribution in [0.4, 0.5) is 0 Å². The maximum absolute atomic E-state index is 12.5. The Bertz CT molecular complexity index is 1060. The predicted octanol–water partition coefficient (Wildman–Crippen LogP) is 4.51. The number of hydrogen-bond donors (Lipinski definition) is 0. The number of benzene rings is 2. The van der Waals surface area contributed by atoms with Gasteiger partial charge in [-0.05, 0) is 44.0 Å². The lowest BCUT2D eigenvalue weighted by Crippen LogP contribution is -2.35. The molecule has 32 heavy (non-hydrogen) atoms. The second-order valence-corrected chi connectivity index (χ2v) is 7.90. The lowest BCUT2D eigenvalue weighted by molar-refractivity contribution is -0.131. The van der Waals surface area contributed by atoms with E-state index in [0.29, 0.717) is 30.5 Å². The number of hydrogen-bond acceptors (Lipinski definition) is 5. The van der Waals surface area contributed by atoms with E-state index in [1.54, 1.807) is 18.7 Å². The molecule has 2 aromatic carbocycles. The number of para-hydroxylation sites is 3. The number of amides is 1. The second kappa shape index (κ2) is 9.87. The molecule has 0 unspecified atom stereocenters. The summed E-state index contributed by atoms with van der Waals surface area (Å²) in [5.41, 5.74) is 2.53. The number of aryl methyl sites for hydroxylation is 1. The minimum Gasteiger partial charge on any atom is -0.493 e. The molecule has 0 bridgehead atoms. The number of carbonyl (C=O) groups is 1. The van der Waals surface area contributed by atoms with Crippen molar-refractivity contribution in [1.82, 2.24) is 14.7 Å². The van der Waals surface area contributed by atoms with Gasteiger partial charge in [0.05, 0.1) is 36.7 Å². The number of rotatable bonds is 8. The molecule has 7 nitrogen and oxygen atoms in total. The third-order valence-corrected chi connectivity index (χ3v) is 5.66. The standard InChI is InChI=1S/C25H29N3O4/c1-18-22(17-27(19(2)29)16-21-12-9-15-31-21)25(28(26-18)20-10-5-4-6-11-20)32-24-14-8-7-13-23(24)30-3/h4-8,10-11,13-14,21H,9,12,15-17H2,1-3H3/t21-/m0/s1. The van der Waals surface area contributed by atoms with Crippen molar-refractivity contribution < 1.29 is 19.0 Å². The SMILES string of the molecule is COc1ccccc1Oc1c(CN(C[C@@H]2CCCO2)C(C)=O)c(C)nn1-c1ccccc1. The Hall–Kier alpha value is -3.32. The largest absolute Gasteiger partial charge is 0.493 e. The van der Waals surface area contributed by atoms with Crippen molar-refractivity contribution in [2.24, 2.45) is 0 Å². The third-order valence-electron chi connectivity index (χ3n) is 5.66. The van der Waals surface area contributed by atoms with Crippen molar-refractivity contribution in [3.05, 3.63) is 65.9 Å². The second-order valence-electron chi connectivity index (χ2n) is 7.90. The summed E-state index contributed by atoms with van der Waals surface area (Å²) < 4.78 is 19.4. The Morgan fingerprint density at radius 2 is 1.88 bits per heavy atom. The molecule has 3 aromatic rings. The van der Waals surface area contributed by atoms with Crippen molar-refractivity contribution in [2.75, 3.05) is 20.3 Å². The average molecular weight is 436 g/mol. The van der Waals surface area contributed by atoms with Crippen LogP contribution in [0.15, 0.2) is 54.6 Å². The van der Waals surface area contributed by atoms with E-state index in [0.717, 1.165) is 36.4 Å². The van der Waals surface area contributed by atoms with Gasteiger partial charge < -0.3 is 19.1 Å². The van der Waals surface area contributed by atoms with Gasteiger partial charge in [0, 0.05) is 20.1 Å². The van der Waals surface area contributed by atoms with Crippen molar-refractivity contribution in [3.8, 4) is 23.1 Å². The molecule has 0 spiro atoms. The molecule has 168 valence electrons. The Balaban J connectivity index is 1.73. The predicted molar refractivity (Wildman–Crippen MR) is 121 cm³/mol. The van der Waals surface area contributed by atoms with Crippen molar-refractivity contribution in [2.45, 2.75) is 39.3 Å². The molecule has 1 aromatic heterocycles. The number of nitrogens with zero attached hydrogens (tertiary/aromatic N) is 3. The quantitative estimate of drug-likeness (QED) is 0.521. The first kappa shape index (κ1) is 21.9. The minimum atomic E-state index is -0.00407. The molecule has 0 aliphatic carbocycles. The summed E-state index contributed by atoms with van der Waals surface area (Å²) in [7, 11) is 1.61. The van der Waals surface area contributed by atoms with Crippen molar-refractivity contribution >= 4 is 5.91 Å². The van der Waals surface area contributed by atoms with Crippen LogP contribution in [0.1, 0.15) is 31.0 Å². The molecule has 2 heterocycles. The van der Waals surface area contributed by atoms with Crippen LogP contribution in [0.25, 0.3) is 5.69 Å². The molecule has 1 atom stereocenters. The lowest BCUT2D eigenvalue weighted by Gasteiger charge is -2.24. The highest BCUT2D eigenvalue weighted by Crippen LogP contribution is 2.36. The molecule has 4 rings (SSSR count). The Kier molecular flexibility index (Phi) is 6.75. The van der Waals surface area contributed by atoms with Gasteiger partial charge in [-0.3, -0.25) is 4.79 Å². The van der Waals surface area contributed by atoms with Gasteiger partial charge in [-0.25, -0.2) is 4.68 Å². The van der Waals surface area contributed by atoms with E-state index in [4.69, 9.17) is 19.3 Å². The van der Waals surface area contributed by atoms with Crippen molar-refractivity contribution in [3.63, 3.8) is 0 Å². The zero-order chi connectivity index (χ0) is 22.5. The summed E-state index contributed by atoms with van der Waals surface area (Å²) in [5, 5.41) is 4.76. The summed E-state index contributed by atoms with van der Waals surface area (Å²) in [4.78, 5) is 14.3. The highest BCUT2D eigenvalue weighted by molar-refractivity contribution is 5.73. The molecule has 1 aliphatic rings. The first-order valence-corrected chi connectivity index (χ1v) is 10.9. The first-order valence-electron chi connectivity index (χ1n) is 10.9. The molecular weight excluding hydrogens is 406 g/mol. The molecular formula is C25H29N3O4. The van der Waals surface area contributed by atoms with E-state index >= 15 is 0 Å². The highest BCUT2D eigenvalue weighted by Gasteiger charge is 2.26. The molecule has 0 N–H and O–H groups in total. The number of carbonyl (C=O) groups excluding carboxylic acids is 1. The van der Waals surface area contributed by atoms with Gasteiger partial charge in [-0.1, -0.05) is 30.3 Å². The van der Waals surface area contributed by atoms with Gasteiger partial charge >= 0.3 is 0 Å².